The first kappa shape index (κ1) is 12.8. The molecule has 0 aromatic carbocycles. The van der Waals surface area contributed by atoms with Gasteiger partial charge in [0.1, 0.15) is 0 Å². The molecule has 0 saturated carbocycles. The molecule has 0 amide bonds. The summed E-state index contributed by atoms with van der Waals surface area (Å²) < 4.78 is 5.29. The largest absolute Gasteiger partial charge is 0.478 e. The van der Waals surface area contributed by atoms with Crippen molar-refractivity contribution in [2.75, 3.05) is 18.5 Å². The Labute approximate surface area is 98.2 Å². The van der Waals surface area contributed by atoms with Gasteiger partial charge in [0.15, 0.2) is 0 Å². The molecular formula is C13H22N2O. The lowest BCUT2D eigenvalue weighted by atomic mass is 10.0. The summed E-state index contributed by atoms with van der Waals surface area (Å²) in [7, 11) is 0. The predicted octanol–water partition coefficient (Wildman–Crippen LogP) is 3.33. The molecule has 0 aliphatic carbocycles. The molecule has 16 heavy (non-hydrogen) atoms. The lowest BCUT2D eigenvalue weighted by Crippen LogP contribution is -2.12. The number of hydrogen-bond acceptors (Lipinski definition) is 3. The molecular weight excluding hydrogens is 200 g/mol. The van der Waals surface area contributed by atoms with Crippen LogP contribution in [-0.4, -0.2) is 18.1 Å². The number of anilines is 1. The van der Waals surface area contributed by atoms with Gasteiger partial charge in [0.2, 0.25) is 5.88 Å². The highest BCUT2D eigenvalue weighted by Crippen LogP contribution is 2.13. The second-order valence-electron chi connectivity index (χ2n) is 3.88. The van der Waals surface area contributed by atoms with E-state index in [2.05, 4.69) is 24.1 Å². The molecule has 1 heterocycles. The fraction of sp³-hybridized carbons (Fsp3) is 0.615. The Morgan fingerprint density at radius 2 is 2.00 bits per heavy atom. The Bertz CT molecular complexity index is 280. The van der Waals surface area contributed by atoms with Gasteiger partial charge >= 0.3 is 0 Å². The van der Waals surface area contributed by atoms with Gasteiger partial charge in [-0.3, -0.25) is 0 Å². The average molecular weight is 222 g/mol. The second-order valence-corrected chi connectivity index (χ2v) is 3.88. The molecule has 0 atom stereocenters. The molecule has 90 valence electrons. The number of hydrogen-bond donors (Lipinski definition) is 1. The van der Waals surface area contributed by atoms with E-state index in [0.29, 0.717) is 12.5 Å². The molecule has 0 fully saturated rings. The van der Waals surface area contributed by atoms with Crippen LogP contribution in [0.15, 0.2) is 18.3 Å². The van der Waals surface area contributed by atoms with Gasteiger partial charge in [-0.1, -0.05) is 26.7 Å². The molecule has 1 aromatic rings. The lowest BCUT2D eigenvalue weighted by Gasteiger charge is -2.14. The lowest BCUT2D eigenvalue weighted by molar-refractivity contribution is 0.327. The summed E-state index contributed by atoms with van der Waals surface area (Å²) in [5.41, 5.74) is 1.07. The maximum atomic E-state index is 5.29. The van der Waals surface area contributed by atoms with Crippen molar-refractivity contribution in [2.45, 2.75) is 33.6 Å². The first-order valence-corrected chi connectivity index (χ1v) is 6.12. The van der Waals surface area contributed by atoms with Gasteiger partial charge in [0.05, 0.1) is 18.5 Å². The fourth-order valence-electron chi connectivity index (χ4n) is 1.56. The Kier molecular flexibility index (Phi) is 5.68. The van der Waals surface area contributed by atoms with Crippen LogP contribution in [0.25, 0.3) is 0 Å². The van der Waals surface area contributed by atoms with Crippen molar-refractivity contribution in [3.63, 3.8) is 0 Å². The summed E-state index contributed by atoms with van der Waals surface area (Å²) in [6.07, 6.45) is 4.26. The predicted molar refractivity (Wildman–Crippen MR) is 68.0 cm³/mol. The molecule has 1 aromatic heterocycles. The van der Waals surface area contributed by atoms with E-state index >= 15 is 0 Å². The van der Waals surface area contributed by atoms with Gasteiger partial charge in [-0.05, 0) is 18.9 Å². The van der Waals surface area contributed by atoms with Crippen molar-refractivity contribution in [3.8, 4) is 5.88 Å². The Morgan fingerprint density at radius 3 is 2.50 bits per heavy atom. The normalized spacial score (nSPS) is 10.5. The van der Waals surface area contributed by atoms with E-state index in [1.165, 1.54) is 12.8 Å². The monoisotopic (exact) mass is 222 g/mol. The molecule has 0 unspecified atom stereocenters. The van der Waals surface area contributed by atoms with Crippen LogP contribution in [0.2, 0.25) is 0 Å². The van der Waals surface area contributed by atoms with Gasteiger partial charge < -0.3 is 10.1 Å². The number of pyridine rings is 1. The highest BCUT2D eigenvalue weighted by Gasteiger charge is 2.03. The highest BCUT2D eigenvalue weighted by molar-refractivity contribution is 5.41. The average Bonchev–Trinajstić information content (AvgIpc) is 2.33. The zero-order valence-corrected chi connectivity index (χ0v) is 10.5. The van der Waals surface area contributed by atoms with Crippen molar-refractivity contribution >= 4 is 5.69 Å². The third-order valence-corrected chi connectivity index (χ3v) is 2.78. The number of nitrogens with one attached hydrogen (secondary N) is 1. The quantitative estimate of drug-likeness (QED) is 0.768. The summed E-state index contributed by atoms with van der Waals surface area (Å²) in [5.74, 6) is 1.43. The van der Waals surface area contributed by atoms with Crippen LogP contribution in [-0.2, 0) is 0 Å². The zero-order valence-electron chi connectivity index (χ0n) is 10.5. The standard InChI is InChI=1S/C13H22N2O/c1-4-11(5-2)9-14-12-7-8-13(15-10-12)16-6-3/h7-8,10-11,14H,4-6,9H2,1-3H3. The van der Waals surface area contributed by atoms with Crippen molar-refractivity contribution in [1.82, 2.24) is 4.98 Å². The first-order chi connectivity index (χ1) is 7.80. The topological polar surface area (TPSA) is 34.1 Å². The van der Waals surface area contributed by atoms with E-state index in [-0.39, 0.29) is 0 Å². The first-order valence-electron chi connectivity index (χ1n) is 6.12. The Hall–Kier alpha value is -1.25. The van der Waals surface area contributed by atoms with E-state index in [4.69, 9.17) is 4.74 Å². The maximum absolute atomic E-state index is 5.29. The van der Waals surface area contributed by atoms with Crippen molar-refractivity contribution in [2.24, 2.45) is 5.92 Å². The molecule has 0 aliphatic rings. The van der Waals surface area contributed by atoms with Crippen molar-refractivity contribution in [1.29, 1.82) is 0 Å². The van der Waals surface area contributed by atoms with Gasteiger partial charge in [0, 0.05) is 12.6 Å². The van der Waals surface area contributed by atoms with Crippen LogP contribution in [0.5, 0.6) is 5.88 Å². The third kappa shape index (κ3) is 4.09. The summed E-state index contributed by atoms with van der Waals surface area (Å²) in [6.45, 7) is 8.09. The van der Waals surface area contributed by atoms with E-state index in [9.17, 15) is 0 Å². The SMILES string of the molecule is CCOc1ccc(NCC(CC)CC)cn1. The van der Waals surface area contributed by atoms with Gasteiger partial charge in [-0.2, -0.15) is 0 Å². The van der Waals surface area contributed by atoms with E-state index < -0.39 is 0 Å². The van der Waals surface area contributed by atoms with Gasteiger partial charge in [-0.15, -0.1) is 0 Å². The molecule has 0 aliphatic heterocycles. The molecule has 0 radical (unpaired) electrons. The van der Waals surface area contributed by atoms with Crippen molar-refractivity contribution in [3.05, 3.63) is 18.3 Å². The van der Waals surface area contributed by atoms with Crippen LogP contribution in [0, 0.1) is 5.92 Å². The van der Waals surface area contributed by atoms with Crippen LogP contribution < -0.4 is 10.1 Å². The molecule has 0 saturated heterocycles. The highest BCUT2D eigenvalue weighted by atomic mass is 16.5. The Balaban J connectivity index is 2.42. The number of aromatic nitrogens is 1. The van der Waals surface area contributed by atoms with Gasteiger partial charge in [-0.25, -0.2) is 4.98 Å². The minimum Gasteiger partial charge on any atom is -0.478 e. The van der Waals surface area contributed by atoms with E-state index in [1.807, 2.05) is 25.3 Å². The molecule has 1 rings (SSSR count). The summed E-state index contributed by atoms with van der Waals surface area (Å²) >= 11 is 0. The molecule has 3 nitrogen and oxygen atoms in total. The van der Waals surface area contributed by atoms with E-state index in [0.717, 1.165) is 18.2 Å². The Morgan fingerprint density at radius 1 is 1.25 bits per heavy atom. The van der Waals surface area contributed by atoms with Crippen molar-refractivity contribution < 1.29 is 4.74 Å². The fourth-order valence-corrected chi connectivity index (χ4v) is 1.56. The maximum Gasteiger partial charge on any atom is 0.213 e. The molecule has 3 heteroatoms. The number of nitrogens with zero attached hydrogens (tertiary/aromatic N) is 1. The number of rotatable bonds is 7. The van der Waals surface area contributed by atoms with Crippen LogP contribution in [0.3, 0.4) is 0 Å². The minimum absolute atomic E-state index is 0.660. The number of ether oxygens (including phenoxy) is 1. The van der Waals surface area contributed by atoms with E-state index in [1.54, 1.807) is 0 Å². The van der Waals surface area contributed by atoms with Crippen LogP contribution >= 0.6 is 0 Å². The second kappa shape index (κ2) is 7.09. The minimum atomic E-state index is 0.660. The summed E-state index contributed by atoms with van der Waals surface area (Å²) in [5, 5.41) is 3.40. The summed E-state index contributed by atoms with van der Waals surface area (Å²) in [4.78, 5) is 4.21. The van der Waals surface area contributed by atoms with Crippen LogP contribution in [0.4, 0.5) is 5.69 Å². The zero-order chi connectivity index (χ0) is 11.8. The molecule has 1 N–H and O–H groups in total. The third-order valence-electron chi connectivity index (χ3n) is 2.78. The summed E-state index contributed by atoms with van der Waals surface area (Å²) in [6, 6.07) is 3.92. The van der Waals surface area contributed by atoms with Gasteiger partial charge in [0.25, 0.3) is 0 Å². The molecule has 0 bridgehead atoms. The van der Waals surface area contributed by atoms with Crippen LogP contribution in [0.1, 0.15) is 33.6 Å². The molecule has 0 spiro atoms. The smallest absolute Gasteiger partial charge is 0.213 e.